The zero-order valence-corrected chi connectivity index (χ0v) is 12.2. The molecule has 1 N–H and O–H groups in total. The summed E-state index contributed by atoms with van der Waals surface area (Å²) < 4.78 is 18.7. The molecule has 0 saturated carbocycles. The third-order valence-electron chi connectivity index (χ3n) is 2.84. The molecule has 0 aromatic heterocycles. The first-order valence-corrected chi connectivity index (χ1v) is 6.75. The van der Waals surface area contributed by atoms with Crippen molar-refractivity contribution in [3.05, 3.63) is 63.9 Å². The second kappa shape index (κ2) is 7.12. The van der Waals surface area contributed by atoms with Crippen molar-refractivity contribution in [2.24, 2.45) is 0 Å². The number of halogens is 2. The van der Waals surface area contributed by atoms with E-state index in [1.54, 1.807) is 6.07 Å². The van der Waals surface area contributed by atoms with Gasteiger partial charge in [-0.15, -0.1) is 0 Å². The van der Waals surface area contributed by atoms with Crippen LogP contribution in [0.2, 0.25) is 5.02 Å². The van der Waals surface area contributed by atoms with E-state index in [2.05, 4.69) is 11.8 Å². The standard InChI is InChI=1S/C17H14ClFO2/c1-12-4-7-17(13(9-12)3-2-8-20)21-11-14-5-6-15(19)10-16(14)18/h4-7,9-10,20H,8,11H2,1H3. The van der Waals surface area contributed by atoms with Crippen molar-refractivity contribution >= 4 is 11.6 Å². The van der Waals surface area contributed by atoms with Crippen molar-refractivity contribution in [2.45, 2.75) is 13.5 Å². The molecule has 2 rings (SSSR count). The fraction of sp³-hybridized carbons (Fsp3) is 0.176. The highest BCUT2D eigenvalue weighted by Gasteiger charge is 2.06. The van der Waals surface area contributed by atoms with Gasteiger partial charge in [0.15, 0.2) is 0 Å². The fourth-order valence-corrected chi connectivity index (χ4v) is 2.02. The lowest BCUT2D eigenvalue weighted by Crippen LogP contribution is -1.99. The number of ether oxygens (including phenoxy) is 1. The van der Waals surface area contributed by atoms with Crippen molar-refractivity contribution < 1.29 is 14.2 Å². The molecular weight excluding hydrogens is 291 g/mol. The second-order valence-electron chi connectivity index (χ2n) is 4.48. The maximum atomic E-state index is 13.0. The molecule has 0 saturated heterocycles. The number of hydrogen-bond donors (Lipinski definition) is 1. The summed E-state index contributed by atoms with van der Waals surface area (Å²) in [7, 11) is 0. The quantitative estimate of drug-likeness (QED) is 0.876. The van der Waals surface area contributed by atoms with Crippen LogP contribution in [-0.2, 0) is 6.61 Å². The van der Waals surface area contributed by atoms with Crippen LogP contribution in [0.25, 0.3) is 0 Å². The zero-order valence-electron chi connectivity index (χ0n) is 11.5. The summed E-state index contributed by atoms with van der Waals surface area (Å²) in [6.45, 7) is 1.96. The minimum absolute atomic E-state index is 0.211. The van der Waals surface area contributed by atoms with Crippen LogP contribution in [0, 0.1) is 24.6 Å². The first kappa shape index (κ1) is 15.4. The maximum absolute atomic E-state index is 13.0. The normalized spacial score (nSPS) is 9.90. The second-order valence-corrected chi connectivity index (χ2v) is 4.89. The largest absolute Gasteiger partial charge is 0.488 e. The van der Waals surface area contributed by atoms with Gasteiger partial charge in [-0.25, -0.2) is 4.39 Å². The summed E-state index contributed by atoms with van der Waals surface area (Å²) in [5.41, 5.74) is 2.44. The third-order valence-corrected chi connectivity index (χ3v) is 3.19. The summed E-state index contributed by atoms with van der Waals surface area (Å²) in [4.78, 5) is 0. The van der Waals surface area contributed by atoms with Gasteiger partial charge in [0.05, 0.1) is 10.6 Å². The molecule has 0 fully saturated rings. The molecule has 0 radical (unpaired) electrons. The Labute approximate surface area is 128 Å². The molecule has 2 aromatic carbocycles. The van der Waals surface area contributed by atoms with Gasteiger partial charge in [0.2, 0.25) is 0 Å². The summed E-state index contributed by atoms with van der Waals surface area (Å²) >= 11 is 5.96. The van der Waals surface area contributed by atoms with Crippen LogP contribution < -0.4 is 4.74 Å². The van der Waals surface area contributed by atoms with Crippen molar-refractivity contribution in [1.29, 1.82) is 0 Å². The van der Waals surface area contributed by atoms with E-state index in [9.17, 15) is 4.39 Å². The zero-order chi connectivity index (χ0) is 15.2. The van der Waals surface area contributed by atoms with E-state index in [4.69, 9.17) is 21.4 Å². The molecule has 0 unspecified atom stereocenters. The summed E-state index contributed by atoms with van der Waals surface area (Å²) in [6.07, 6.45) is 0. The molecule has 4 heteroatoms. The van der Waals surface area contributed by atoms with Crippen molar-refractivity contribution in [3.8, 4) is 17.6 Å². The molecule has 108 valence electrons. The van der Waals surface area contributed by atoms with Gasteiger partial charge in [0.25, 0.3) is 0 Å². The fourth-order valence-electron chi connectivity index (χ4n) is 1.80. The van der Waals surface area contributed by atoms with E-state index in [1.807, 2.05) is 25.1 Å². The van der Waals surface area contributed by atoms with Gasteiger partial charge in [-0.3, -0.25) is 0 Å². The number of benzene rings is 2. The number of hydrogen-bond acceptors (Lipinski definition) is 2. The monoisotopic (exact) mass is 304 g/mol. The number of rotatable bonds is 3. The predicted octanol–water partition coefficient (Wildman–Crippen LogP) is 3.71. The van der Waals surface area contributed by atoms with Gasteiger partial charge in [-0.05, 0) is 36.8 Å². The Morgan fingerprint density at radius 2 is 2.05 bits per heavy atom. The summed E-state index contributed by atoms with van der Waals surface area (Å²) in [5, 5.41) is 9.11. The molecule has 0 aliphatic carbocycles. The average molecular weight is 305 g/mol. The molecule has 0 aliphatic rings. The van der Waals surface area contributed by atoms with Gasteiger partial charge in [-0.2, -0.15) is 0 Å². The Hall–Kier alpha value is -2.02. The average Bonchev–Trinajstić information content (AvgIpc) is 2.45. The van der Waals surface area contributed by atoms with Crippen LogP contribution in [0.15, 0.2) is 36.4 Å². The molecule has 0 spiro atoms. The minimum Gasteiger partial charge on any atom is -0.488 e. The Kier molecular flexibility index (Phi) is 5.21. The number of aliphatic hydroxyl groups excluding tert-OH is 1. The van der Waals surface area contributed by atoms with Crippen LogP contribution >= 0.6 is 11.6 Å². The van der Waals surface area contributed by atoms with Crippen LogP contribution in [0.1, 0.15) is 16.7 Å². The lowest BCUT2D eigenvalue weighted by Gasteiger charge is -2.10. The molecule has 2 aromatic rings. The van der Waals surface area contributed by atoms with Crippen molar-refractivity contribution in [3.63, 3.8) is 0 Å². The smallest absolute Gasteiger partial charge is 0.135 e. The third kappa shape index (κ3) is 4.22. The Morgan fingerprint density at radius 3 is 2.76 bits per heavy atom. The highest BCUT2D eigenvalue weighted by Crippen LogP contribution is 2.23. The lowest BCUT2D eigenvalue weighted by molar-refractivity contribution is 0.305. The Bertz CT molecular complexity index is 702. The number of aliphatic hydroxyl groups is 1. The van der Waals surface area contributed by atoms with E-state index in [0.29, 0.717) is 21.9 Å². The van der Waals surface area contributed by atoms with Crippen LogP contribution in [0.3, 0.4) is 0 Å². The minimum atomic E-state index is -0.381. The van der Waals surface area contributed by atoms with E-state index < -0.39 is 0 Å². The number of aryl methyl sites for hydroxylation is 1. The molecule has 0 bridgehead atoms. The SMILES string of the molecule is Cc1ccc(OCc2ccc(F)cc2Cl)c(C#CCO)c1. The first-order chi connectivity index (χ1) is 10.1. The first-order valence-electron chi connectivity index (χ1n) is 6.37. The summed E-state index contributed by atoms with van der Waals surface area (Å²) in [6, 6.07) is 9.78. The lowest BCUT2D eigenvalue weighted by atomic mass is 10.1. The highest BCUT2D eigenvalue weighted by molar-refractivity contribution is 6.31. The van der Waals surface area contributed by atoms with Gasteiger partial charge in [-0.1, -0.05) is 35.6 Å². The van der Waals surface area contributed by atoms with E-state index in [1.165, 1.54) is 12.1 Å². The molecular formula is C17H14ClFO2. The van der Waals surface area contributed by atoms with Crippen molar-refractivity contribution in [1.82, 2.24) is 0 Å². The molecule has 0 aliphatic heterocycles. The van der Waals surface area contributed by atoms with Crippen LogP contribution in [0.4, 0.5) is 4.39 Å². The Morgan fingerprint density at radius 1 is 1.24 bits per heavy atom. The molecule has 0 atom stereocenters. The highest BCUT2D eigenvalue weighted by atomic mass is 35.5. The summed E-state index contributed by atoms with van der Waals surface area (Å²) in [5.74, 6) is 5.66. The van der Waals surface area contributed by atoms with Crippen LogP contribution in [-0.4, -0.2) is 11.7 Å². The molecule has 0 amide bonds. The maximum Gasteiger partial charge on any atom is 0.135 e. The van der Waals surface area contributed by atoms with E-state index in [0.717, 1.165) is 5.56 Å². The van der Waals surface area contributed by atoms with E-state index in [-0.39, 0.29) is 19.0 Å². The van der Waals surface area contributed by atoms with Gasteiger partial charge in [0, 0.05) is 5.56 Å². The van der Waals surface area contributed by atoms with Gasteiger partial charge in [0.1, 0.15) is 24.8 Å². The van der Waals surface area contributed by atoms with E-state index >= 15 is 0 Å². The van der Waals surface area contributed by atoms with Gasteiger partial charge < -0.3 is 9.84 Å². The molecule has 21 heavy (non-hydrogen) atoms. The van der Waals surface area contributed by atoms with Crippen LogP contribution in [0.5, 0.6) is 5.75 Å². The topological polar surface area (TPSA) is 29.5 Å². The molecule has 0 heterocycles. The van der Waals surface area contributed by atoms with Gasteiger partial charge >= 0.3 is 0 Å². The predicted molar refractivity (Wildman–Crippen MR) is 80.9 cm³/mol. The van der Waals surface area contributed by atoms with Crippen molar-refractivity contribution in [2.75, 3.05) is 6.61 Å². The Balaban J connectivity index is 2.19. The molecule has 2 nitrogen and oxygen atoms in total.